The third-order valence-corrected chi connectivity index (χ3v) is 6.52. The van der Waals surface area contributed by atoms with Gasteiger partial charge in [-0.3, -0.25) is 18.9 Å². The van der Waals surface area contributed by atoms with Crippen molar-refractivity contribution in [3.05, 3.63) is 80.6 Å². The van der Waals surface area contributed by atoms with Gasteiger partial charge in [0, 0.05) is 12.6 Å². The molecule has 3 unspecified atom stereocenters. The monoisotopic (exact) mass is 592 g/mol. The van der Waals surface area contributed by atoms with Gasteiger partial charge in [0.15, 0.2) is 6.23 Å². The number of hydrogen-bond donors (Lipinski definition) is 1. The molecule has 4 rings (SSSR count). The summed E-state index contributed by atoms with van der Waals surface area (Å²) in [5.74, 6) is 2.25. The lowest BCUT2D eigenvalue weighted by atomic mass is 10.2. The summed E-state index contributed by atoms with van der Waals surface area (Å²) in [4.78, 5) is 25.6. The Morgan fingerprint density at radius 2 is 1.46 bits per heavy atom. The van der Waals surface area contributed by atoms with Crippen LogP contribution < -0.4 is 29.8 Å². The van der Waals surface area contributed by atoms with E-state index in [-0.39, 0.29) is 18.1 Å². The number of benzene rings is 2. The summed E-state index contributed by atoms with van der Waals surface area (Å²) >= 11 is 5.79. The van der Waals surface area contributed by atoms with Crippen LogP contribution in [0.25, 0.3) is 0 Å². The molecule has 39 heavy (non-hydrogen) atoms. The SMILES string of the molecule is COc1ccc(OP(OCC2CC(F)C(n3cc(Cl)c(=O)[nH]c3=O)O2)Oc2ccc(OC)cc2)cc1.FCF. The summed E-state index contributed by atoms with van der Waals surface area (Å²) in [6, 6.07) is 13.7. The van der Waals surface area contributed by atoms with Crippen LogP contribution in [0.4, 0.5) is 13.2 Å². The van der Waals surface area contributed by atoms with Crippen LogP contribution in [0, 0.1) is 0 Å². The lowest BCUT2D eigenvalue weighted by Crippen LogP contribution is -2.34. The average molecular weight is 593 g/mol. The minimum atomic E-state index is -1.98. The summed E-state index contributed by atoms with van der Waals surface area (Å²) in [6.07, 6.45) is -2.52. The number of methoxy groups -OCH3 is 2. The number of H-pyrrole nitrogens is 1. The molecule has 2 aromatic carbocycles. The molecule has 0 radical (unpaired) electrons. The van der Waals surface area contributed by atoms with E-state index >= 15 is 0 Å². The highest BCUT2D eigenvalue weighted by atomic mass is 35.5. The highest BCUT2D eigenvalue weighted by molar-refractivity contribution is 7.42. The molecule has 0 aliphatic carbocycles. The highest BCUT2D eigenvalue weighted by Crippen LogP contribution is 2.43. The smallest absolute Gasteiger partial charge is 0.463 e. The molecule has 212 valence electrons. The van der Waals surface area contributed by atoms with Gasteiger partial charge in [0.05, 0.1) is 26.9 Å². The van der Waals surface area contributed by atoms with Crippen molar-refractivity contribution in [2.75, 3.05) is 27.8 Å². The van der Waals surface area contributed by atoms with Gasteiger partial charge in [-0.05, 0) is 48.5 Å². The predicted molar refractivity (Wildman–Crippen MR) is 137 cm³/mol. The molecule has 2 heterocycles. The minimum absolute atomic E-state index is 0.0535. The zero-order valence-electron chi connectivity index (χ0n) is 20.7. The van der Waals surface area contributed by atoms with Crippen molar-refractivity contribution in [2.24, 2.45) is 0 Å². The Labute approximate surface area is 227 Å². The van der Waals surface area contributed by atoms with Crippen LogP contribution in [0.2, 0.25) is 5.02 Å². The zero-order chi connectivity index (χ0) is 28.4. The Kier molecular flexibility index (Phi) is 11.5. The van der Waals surface area contributed by atoms with Crippen LogP contribution in [-0.2, 0) is 9.26 Å². The van der Waals surface area contributed by atoms with E-state index in [1.807, 2.05) is 4.98 Å². The second-order valence-corrected chi connectivity index (χ2v) is 9.18. The van der Waals surface area contributed by atoms with E-state index in [2.05, 4.69) is 0 Å². The molecule has 1 saturated heterocycles. The fourth-order valence-electron chi connectivity index (χ4n) is 3.36. The molecule has 0 saturated carbocycles. The van der Waals surface area contributed by atoms with Crippen molar-refractivity contribution in [1.82, 2.24) is 9.55 Å². The standard InChI is InChI=1S/C23H23ClFN2O8P.CH2F2/c1-30-14-3-7-16(8-4-14)34-36(35-17-9-5-15(31-2)6-10-17)32-13-18-11-20(25)22(33-18)27-12-19(24)21(28)26-23(27)29;2-1-3/h3-10,12,18,20,22H,11,13H2,1-2H3,(H,26,28,29);1H2. The van der Waals surface area contributed by atoms with Gasteiger partial charge >= 0.3 is 14.3 Å². The molecular weight excluding hydrogens is 568 g/mol. The molecule has 0 amide bonds. The van der Waals surface area contributed by atoms with E-state index in [1.54, 1.807) is 62.8 Å². The number of aromatic nitrogens is 2. The van der Waals surface area contributed by atoms with Crippen molar-refractivity contribution in [3.8, 4) is 23.0 Å². The second-order valence-electron chi connectivity index (χ2n) is 7.70. The maximum absolute atomic E-state index is 14.7. The first-order valence-electron chi connectivity index (χ1n) is 11.3. The van der Waals surface area contributed by atoms with Crippen LogP contribution in [-0.4, -0.2) is 49.6 Å². The summed E-state index contributed by atoms with van der Waals surface area (Å²) < 4.78 is 68.5. The van der Waals surface area contributed by atoms with Gasteiger partial charge in [-0.2, -0.15) is 0 Å². The normalized spacial score (nSPS) is 18.3. The molecule has 1 aromatic heterocycles. The average Bonchev–Trinajstić information content (AvgIpc) is 3.30. The highest BCUT2D eigenvalue weighted by Gasteiger charge is 2.38. The van der Waals surface area contributed by atoms with Gasteiger partial charge in [0.2, 0.25) is 6.93 Å². The van der Waals surface area contributed by atoms with Crippen molar-refractivity contribution < 1.29 is 41.0 Å². The summed E-state index contributed by atoms with van der Waals surface area (Å²) in [6.45, 7) is -1.83. The molecule has 10 nitrogen and oxygen atoms in total. The maximum atomic E-state index is 14.7. The first-order chi connectivity index (χ1) is 18.8. The molecule has 0 bridgehead atoms. The van der Waals surface area contributed by atoms with Gasteiger partial charge in [-0.15, -0.1) is 0 Å². The number of rotatable bonds is 10. The first-order valence-corrected chi connectivity index (χ1v) is 12.7. The van der Waals surface area contributed by atoms with Crippen molar-refractivity contribution in [2.45, 2.75) is 24.9 Å². The van der Waals surface area contributed by atoms with Gasteiger partial charge in [-0.25, -0.2) is 18.0 Å². The minimum Gasteiger partial charge on any atom is -0.497 e. The van der Waals surface area contributed by atoms with Crippen molar-refractivity contribution in [1.29, 1.82) is 0 Å². The number of nitrogens with zero attached hydrogens (tertiary/aromatic N) is 1. The van der Waals surface area contributed by atoms with Crippen LogP contribution in [0.5, 0.6) is 23.0 Å². The Morgan fingerprint density at radius 1 is 0.974 bits per heavy atom. The number of halogens is 4. The Morgan fingerprint density at radius 3 is 1.95 bits per heavy atom. The van der Waals surface area contributed by atoms with Crippen LogP contribution in [0.15, 0.2) is 64.3 Å². The number of ether oxygens (including phenoxy) is 3. The largest absolute Gasteiger partial charge is 0.497 e. The molecule has 15 heteroatoms. The molecule has 1 aliphatic heterocycles. The predicted octanol–water partition coefficient (Wildman–Crippen LogP) is 5.12. The fraction of sp³-hybridized carbons (Fsp3) is 0.333. The summed E-state index contributed by atoms with van der Waals surface area (Å²) in [5, 5.41) is -0.255. The van der Waals surface area contributed by atoms with Gasteiger partial charge in [-0.1, -0.05) is 11.6 Å². The lowest BCUT2D eigenvalue weighted by Gasteiger charge is -2.20. The quantitative estimate of drug-likeness (QED) is 0.323. The summed E-state index contributed by atoms with van der Waals surface area (Å²) in [7, 11) is 1.14. The number of aromatic amines is 1. The fourth-order valence-corrected chi connectivity index (χ4v) is 4.53. The van der Waals surface area contributed by atoms with Gasteiger partial charge < -0.3 is 23.3 Å². The van der Waals surface area contributed by atoms with E-state index in [9.17, 15) is 22.8 Å². The van der Waals surface area contributed by atoms with E-state index < -0.39 is 45.3 Å². The van der Waals surface area contributed by atoms with E-state index in [0.717, 1.165) is 10.8 Å². The van der Waals surface area contributed by atoms with E-state index in [1.165, 1.54) is 0 Å². The number of hydrogen-bond acceptors (Lipinski definition) is 8. The first kappa shape index (κ1) is 30.3. The Balaban J connectivity index is 0.00000134. The van der Waals surface area contributed by atoms with Crippen molar-refractivity contribution >= 4 is 20.2 Å². The molecule has 1 N–H and O–H groups in total. The topological polar surface area (TPSA) is 110 Å². The van der Waals surface area contributed by atoms with Gasteiger partial charge in [0.25, 0.3) is 5.56 Å². The van der Waals surface area contributed by atoms with Crippen LogP contribution in [0.3, 0.4) is 0 Å². The van der Waals surface area contributed by atoms with Gasteiger partial charge in [0.1, 0.15) is 34.2 Å². The maximum Gasteiger partial charge on any atom is 0.463 e. The summed E-state index contributed by atoms with van der Waals surface area (Å²) in [5.41, 5.74) is -1.59. The van der Waals surface area contributed by atoms with Crippen LogP contribution in [0.1, 0.15) is 12.6 Å². The molecule has 3 aromatic rings. The third kappa shape index (κ3) is 8.62. The number of alkyl halides is 3. The van der Waals surface area contributed by atoms with E-state index in [4.69, 9.17) is 39.4 Å². The zero-order valence-corrected chi connectivity index (χ0v) is 22.4. The molecule has 1 fully saturated rings. The second kappa shape index (κ2) is 14.8. The molecule has 0 spiro atoms. The Hall–Kier alpha value is -3.25. The number of nitrogens with one attached hydrogen (secondary N) is 1. The van der Waals surface area contributed by atoms with Crippen LogP contribution >= 0.6 is 20.2 Å². The third-order valence-electron chi connectivity index (χ3n) is 5.17. The molecular formula is C24H25ClF3N2O8P. The van der Waals surface area contributed by atoms with E-state index in [0.29, 0.717) is 23.0 Å². The Bertz CT molecular complexity index is 1250. The molecule has 1 aliphatic rings. The lowest BCUT2D eigenvalue weighted by molar-refractivity contribution is -0.0365. The molecule has 3 atom stereocenters. The van der Waals surface area contributed by atoms with Crippen molar-refractivity contribution in [3.63, 3.8) is 0 Å².